The van der Waals surface area contributed by atoms with Crippen LogP contribution >= 0.6 is 45.9 Å². The lowest BCUT2D eigenvalue weighted by Gasteiger charge is -2.44. The number of carbonyl (C=O) groups excluding carboxylic acids is 4. The summed E-state index contributed by atoms with van der Waals surface area (Å²) in [6.07, 6.45) is 3.69. The fourth-order valence-corrected chi connectivity index (χ4v) is 9.30. The number of fused-ring (bicyclic) bond motifs is 2. The molecule has 9 rings (SSSR count). The lowest BCUT2D eigenvalue weighted by molar-refractivity contribution is -0.137. The maximum atomic E-state index is 13.8. The Morgan fingerprint density at radius 3 is 1.32 bits per heavy atom. The zero-order valence-corrected chi connectivity index (χ0v) is 24.1. The minimum atomic E-state index is -0.727. The van der Waals surface area contributed by atoms with E-state index in [1.807, 2.05) is 38.1 Å². The molecule has 0 spiro atoms. The van der Waals surface area contributed by atoms with E-state index >= 15 is 0 Å². The van der Waals surface area contributed by atoms with Gasteiger partial charge in [-0.2, -0.15) is 0 Å². The number of thiazole rings is 2. The predicted molar refractivity (Wildman–Crippen MR) is 154 cm³/mol. The van der Waals surface area contributed by atoms with Crippen molar-refractivity contribution in [3.8, 4) is 0 Å². The van der Waals surface area contributed by atoms with Crippen LogP contribution in [0.5, 0.6) is 0 Å². The maximum Gasteiger partial charge on any atom is 0.240 e. The summed E-state index contributed by atoms with van der Waals surface area (Å²) in [7, 11) is 0. The Bertz CT molecular complexity index is 1660. The van der Waals surface area contributed by atoms with E-state index in [4.69, 9.17) is 23.2 Å². The second-order valence-electron chi connectivity index (χ2n) is 10.8. The first kappa shape index (κ1) is 24.6. The molecule has 1 saturated carbocycles. The van der Waals surface area contributed by atoms with Crippen molar-refractivity contribution in [1.29, 1.82) is 0 Å². The molecule has 4 aromatic rings. The number of amides is 4. The zero-order valence-electron chi connectivity index (χ0n) is 20.9. The molecule has 0 N–H and O–H groups in total. The molecule has 200 valence electrons. The third kappa shape index (κ3) is 3.07. The lowest BCUT2D eigenvalue weighted by atomic mass is 9.54. The van der Waals surface area contributed by atoms with Crippen molar-refractivity contribution in [3.63, 3.8) is 0 Å². The highest BCUT2D eigenvalue weighted by Gasteiger charge is 2.69. The molecule has 0 radical (unpaired) electrons. The summed E-state index contributed by atoms with van der Waals surface area (Å²) in [5, 5.41) is 1.68. The van der Waals surface area contributed by atoms with Crippen LogP contribution in [0.3, 0.4) is 0 Å². The molecule has 2 aliphatic heterocycles. The highest BCUT2D eigenvalue weighted by atomic mass is 35.5. The van der Waals surface area contributed by atoms with E-state index in [0.29, 0.717) is 21.1 Å². The molecule has 12 heteroatoms. The standard InChI is InChI=1S/C28H18Cl2N4O4S2/c1-9-5-17-15(7-13(9)29)31-27(39-17)33-23(35)19-11-3-4-12(20(19)24(33)36)22-21(11)25(37)34(26(22)38)28-32-16-8-14(30)10(2)6-18(16)40-28/h3-8,11-12,19-22H,1-2H3/t11?,12?,19-,20-,21-,22+/m0/s1. The minimum Gasteiger partial charge on any atom is -0.274 e. The molecule has 6 atom stereocenters. The SMILES string of the molecule is Cc1cc2sc(N3C(=O)[C@@H]4C5C=CC([C@@H]4C3=O)[C@@H]3C(=O)N(c4nc6cc(Cl)c(C)cc6s4)C(=O)[C@@H]53)nc2cc1Cl. The van der Waals surface area contributed by atoms with Crippen LogP contribution < -0.4 is 9.80 Å². The number of rotatable bonds is 2. The van der Waals surface area contributed by atoms with Crippen LogP contribution in [0.2, 0.25) is 10.0 Å². The number of hydrogen-bond acceptors (Lipinski definition) is 8. The summed E-state index contributed by atoms with van der Waals surface area (Å²) in [5.41, 5.74) is 2.97. The number of imide groups is 2. The lowest BCUT2D eigenvalue weighted by Crippen LogP contribution is -2.50. The van der Waals surface area contributed by atoms with E-state index < -0.39 is 35.5 Å². The number of anilines is 2. The van der Waals surface area contributed by atoms with Gasteiger partial charge in [-0.1, -0.05) is 58.0 Å². The number of halogens is 2. The number of aromatic nitrogens is 2. The van der Waals surface area contributed by atoms with Gasteiger partial charge in [-0.15, -0.1) is 0 Å². The average Bonchev–Trinajstić information content (AvgIpc) is 3.64. The summed E-state index contributed by atoms with van der Waals surface area (Å²) in [4.78, 5) is 66.8. The van der Waals surface area contributed by atoms with Gasteiger partial charge in [-0.25, -0.2) is 19.8 Å². The fourth-order valence-electron chi connectivity index (χ4n) is 6.87. The summed E-state index contributed by atoms with van der Waals surface area (Å²) in [6.45, 7) is 3.76. The molecule has 5 aliphatic rings. The Morgan fingerprint density at radius 2 is 0.975 bits per heavy atom. The van der Waals surface area contributed by atoms with E-state index in [2.05, 4.69) is 9.97 Å². The molecular weight excluding hydrogens is 591 g/mol. The molecule has 8 nitrogen and oxygen atoms in total. The number of nitrogens with zero attached hydrogens (tertiary/aromatic N) is 4. The molecule has 4 amide bonds. The summed E-state index contributed by atoms with van der Waals surface area (Å²) >= 11 is 15.0. The second-order valence-corrected chi connectivity index (χ2v) is 13.6. The van der Waals surface area contributed by atoms with Crippen LogP contribution in [0.4, 0.5) is 10.3 Å². The third-order valence-corrected chi connectivity index (χ3v) is 11.5. The average molecular weight is 610 g/mol. The quantitative estimate of drug-likeness (QED) is 0.218. The van der Waals surface area contributed by atoms with Crippen molar-refractivity contribution in [2.75, 3.05) is 9.80 Å². The number of hydrogen-bond donors (Lipinski definition) is 0. The molecule has 2 aromatic carbocycles. The molecule has 2 bridgehead atoms. The van der Waals surface area contributed by atoms with Gasteiger partial charge in [0.15, 0.2) is 10.3 Å². The monoisotopic (exact) mass is 608 g/mol. The predicted octanol–water partition coefficient (Wildman–Crippen LogP) is 5.56. The number of carbonyl (C=O) groups is 4. The van der Waals surface area contributed by atoms with Crippen LogP contribution in [0.1, 0.15) is 11.1 Å². The van der Waals surface area contributed by atoms with Crippen LogP contribution in [-0.2, 0) is 19.2 Å². The van der Waals surface area contributed by atoms with E-state index in [-0.39, 0.29) is 33.9 Å². The van der Waals surface area contributed by atoms with E-state index in [1.165, 1.54) is 22.7 Å². The first-order valence-corrected chi connectivity index (χ1v) is 15.1. The Hall–Kier alpha value is -3.18. The molecule has 3 fully saturated rings. The van der Waals surface area contributed by atoms with Gasteiger partial charge in [-0.3, -0.25) is 19.2 Å². The van der Waals surface area contributed by atoms with Gasteiger partial charge in [0.05, 0.1) is 44.1 Å². The zero-order chi connectivity index (χ0) is 27.8. The van der Waals surface area contributed by atoms with Gasteiger partial charge in [0.2, 0.25) is 23.6 Å². The molecule has 2 saturated heterocycles. The number of benzene rings is 2. The van der Waals surface area contributed by atoms with E-state index in [0.717, 1.165) is 30.3 Å². The Balaban J connectivity index is 1.17. The molecule has 3 aliphatic carbocycles. The maximum absolute atomic E-state index is 13.8. The molecule has 40 heavy (non-hydrogen) atoms. The van der Waals surface area contributed by atoms with Gasteiger partial charge in [0.25, 0.3) is 0 Å². The number of aryl methyl sites for hydroxylation is 2. The van der Waals surface area contributed by atoms with Crippen LogP contribution in [0, 0.1) is 49.4 Å². The largest absolute Gasteiger partial charge is 0.274 e. The van der Waals surface area contributed by atoms with Crippen LogP contribution in [0.15, 0.2) is 36.4 Å². The first-order valence-electron chi connectivity index (χ1n) is 12.7. The van der Waals surface area contributed by atoms with Crippen LogP contribution in [0.25, 0.3) is 20.4 Å². The highest BCUT2D eigenvalue weighted by Crippen LogP contribution is 2.59. The second kappa shape index (κ2) is 8.19. The number of allylic oxidation sites excluding steroid dienone is 2. The van der Waals surface area contributed by atoms with E-state index in [1.54, 1.807) is 12.1 Å². The van der Waals surface area contributed by atoms with Crippen molar-refractivity contribution >= 4 is 100 Å². The first-order chi connectivity index (χ1) is 19.1. The van der Waals surface area contributed by atoms with Gasteiger partial charge < -0.3 is 0 Å². The van der Waals surface area contributed by atoms with Crippen molar-refractivity contribution in [2.24, 2.45) is 35.5 Å². The van der Waals surface area contributed by atoms with Crippen LogP contribution in [-0.4, -0.2) is 33.6 Å². The molecule has 4 heterocycles. The summed E-state index contributed by atoms with van der Waals surface area (Å²) < 4.78 is 1.64. The third-order valence-electron chi connectivity index (χ3n) is 8.71. The molecule has 2 aromatic heterocycles. The Kier molecular flexibility index (Phi) is 5.04. The Labute approximate surface area is 245 Å². The van der Waals surface area contributed by atoms with Gasteiger partial charge in [0, 0.05) is 21.9 Å². The highest BCUT2D eigenvalue weighted by molar-refractivity contribution is 7.23. The van der Waals surface area contributed by atoms with Crippen molar-refractivity contribution in [2.45, 2.75) is 13.8 Å². The van der Waals surface area contributed by atoms with Gasteiger partial charge in [-0.05, 0) is 49.2 Å². The van der Waals surface area contributed by atoms with Crippen molar-refractivity contribution < 1.29 is 19.2 Å². The molecule has 2 unspecified atom stereocenters. The molecular formula is C28H18Cl2N4O4S2. The smallest absolute Gasteiger partial charge is 0.240 e. The van der Waals surface area contributed by atoms with Crippen molar-refractivity contribution in [3.05, 3.63) is 57.6 Å². The normalized spacial score (nSPS) is 29.0. The van der Waals surface area contributed by atoms with E-state index in [9.17, 15) is 19.2 Å². The van der Waals surface area contributed by atoms with Gasteiger partial charge >= 0.3 is 0 Å². The topological polar surface area (TPSA) is 101 Å². The minimum absolute atomic E-state index is 0.285. The van der Waals surface area contributed by atoms with Crippen molar-refractivity contribution in [1.82, 2.24) is 9.97 Å². The summed E-state index contributed by atoms with van der Waals surface area (Å²) in [5.74, 6) is -5.55. The fraction of sp³-hybridized carbons (Fsp3) is 0.286. The summed E-state index contributed by atoms with van der Waals surface area (Å²) in [6, 6.07) is 7.22. The Morgan fingerprint density at radius 1 is 0.625 bits per heavy atom. The van der Waals surface area contributed by atoms with Gasteiger partial charge in [0.1, 0.15) is 0 Å².